The van der Waals surface area contributed by atoms with Gasteiger partial charge >= 0.3 is 0 Å². The van der Waals surface area contributed by atoms with Gasteiger partial charge in [0.25, 0.3) is 0 Å². The number of hydrogen-bond donors (Lipinski definition) is 0. The molecular weight excluding hydrogens is 324 g/mol. The molecule has 0 atom stereocenters. The van der Waals surface area contributed by atoms with Crippen molar-refractivity contribution in [2.24, 2.45) is 0 Å². The van der Waals surface area contributed by atoms with Gasteiger partial charge in [-0.25, -0.2) is 4.98 Å². The van der Waals surface area contributed by atoms with Crippen molar-refractivity contribution in [1.29, 1.82) is 0 Å². The number of fused-ring (bicyclic) bond motifs is 1. The summed E-state index contributed by atoms with van der Waals surface area (Å²) in [5, 5.41) is 0.673. The number of unbranched alkanes of at least 4 members (excludes halogenated alkanes) is 1. The number of carbonyl (C=O) groups is 1. The number of hydrogen-bond acceptors (Lipinski definition) is 5. The highest BCUT2D eigenvalue weighted by Crippen LogP contribution is 2.35. The number of rotatable bonds is 7. The van der Waals surface area contributed by atoms with Crippen LogP contribution in [0.3, 0.4) is 0 Å². The zero-order valence-corrected chi connectivity index (χ0v) is 14.6. The van der Waals surface area contributed by atoms with Crippen LogP contribution < -0.4 is 9.64 Å². The number of carbonyl (C=O) groups excluding carboxylic acids is 1. The van der Waals surface area contributed by atoms with Gasteiger partial charge in [0.05, 0.1) is 24.6 Å². The van der Waals surface area contributed by atoms with Gasteiger partial charge in [-0.2, -0.15) is 0 Å². The first-order valence-corrected chi connectivity index (χ1v) is 8.81. The quantitative estimate of drug-likeness (QED) is 0.627. The molecule has 24 heavy (non-hydrogen) atoms. The smallest absolute Gasteiger partial charge is 0.229 e. The molecule has 0 aliphatic rings. The van der Waals surface area contributed by atoms with Crippen LogP contribution in [0, 0.1) is 0 Å². The van der Waals surface area contributed by atoms with Crippen LogP contribution in [0.15, 0.2) is 41.0 Å². The van der Waals surface area contributed by atoms with Gasteiger partial charge in [-0.1, -0.05) is 30.7 Å². The van der Waals surface area contributed by atoms with Gasteiger partial charge in [-0.15, -0.1) is 0 Å². The van der Waals surface area contributed by atoms with Crippen LogP contribution in [0.1, 0.15) is 31.9 Å². The van der Waals surface area contributed by atoms with E-state index in [0.717, 1.165) is 28.8 Å². The highest BCUT2D eigenvalue weighted by Gasteiger charge is 2.21. The Balaban J connectivity index is 1.96. The lowest BCUT2D eigenvalue weighted by atomic mass is 10.2. The summed E-state index contributed by atoms with van der Waals surface area (Å²) in [7, 11) is 1.63. The van der Waals surface area contributed by atoms with E-state index in [2.05, 4.69) is 11.9 Å². The molecule has 1 amide bonds. The minimum atomic E-state index is 0.0614. The van der Waals surface area contributed by atoms with Crippen molar-refractivity contribution in [2.75, 3.05) is 12.0 Å². The normalized spacial score (nSPS) is 10.9. The number of benzene rings is 1. The molecule has 3 aromatic rings. The van der Waals surface area contributed by atoms with Gasteiger partial charge in [-0.05, 0) is 30.7 Å². The summed E-state index contributed by atoms with van der Waals surface area (Å²) in [6, 6.07) is 9.49. The number of ether oxygens (including phenoxy) is 1. The first-order valence-electron chi connectivity index (χ1n) is 7.99. The number of aromatic nitrogens is 1. The molecular formula is C18H20N2O3S. The largest absolute Gasteiger partial charge is 0.494 e. The van der Waals surface area contributed by atoms with Crippen molar-refractivity contribution in [3.05, 3.63) is 42.4 Å². The second-order valence-corrected chi connectivity index (χ2v) is 6.48. The summed E-state index contributed by atoms with van der Waals surface area (Å²) in [4.78, 5) is 19.0. The third-order valence-corrected chi connectivity index (χ3v) is 4.80. The Hall–Kier alpha value is -2.34. The average molecular weight is 344 g/mol. The van der Waals surface area contributed by atoms with Crippen molar-refractivity contribution < 1.29 is 13.9 Å². The lowest BCUT2D eigenvalue weighted by Gasteiger charge is -2.18. The van der Waals surface area contributed by atoms with E-state index in [9.17, 15) is 4.79 Å². The molecule has 0 saturated carbocycles. The summed E-state index contributed by atoms with van der Waals surface area (Å²) < 4.78 is 11.8. The number of amides is 1. The summed E-state index contributed by atoms with van der Waals surface area (Å²) in [5.74, 6) is 1.52. The van der Waals surface area contributed by atoms with Gasteiger partial charge in [-0.3, -0.25) is 9.69 Å². The lowest BCUT2D eigenvalue weighted by Crippen LogP contribution is -2.29. The van der Waals surface area contributed by atoms with Crippen molar-refractivity contribution in [2.45, 2.75) is 32.7 Å². The zero-order valence-electron chi connectivity index (χ0n) is 13.8. The molecule has 0 spiro atoms. The number of nitrogens with zero attached hydrogens (tertiary/aromatic N) is 2. The highest BCUT2D eigenvalue weighted by molar-refractivity contribution is 7.22. The molecule has 2 heterocycles. The Morgan fingerprint density at radius 3 is 2.92 bits per heavy atom. The van der Waals surface area contributed by atoms with Gasteiger partial charge in [0.15, 0.2) is 5.13 Å². The Morgan fingerprint density at radius 2 is 2.21 bits per heavy atom. The summed E-state index contributed by atoms with van der Waals surface area (Å²) in [6.45, 7) is 2.46. The molecule has 0 unspecified atom stereocenters. The van der Waals surface area contributed by atoms with Gasteiger partial charge in [0.1, 0.15) is 17.0 Å². The number of para-hydroxylation sites is 1. The van der Waals surface area contributed by atoms with E-state index in [1.165, 1.54) is 11.3 Å². The number of furan rings is 1. The fourth-order valence-corrected chi connectivity index (χ4v) is 3.48. The minimum absolute atomic E-state index is 0.0614. The average Bonchev–Trinajstić information content (AvgIpc) is 3.25. The molecule has 0 saturated heterocycles. The summed E-state index contributed by atoms with van der Waals surface area (Å²) >= 11 is 1.49. The Bertz CT molecular complexity index is 811. The van der Waals surface area contributed by atoms with Crippen LogP contribution in [0.2, 0.25) is 0 Å². The van der Waals surface area contributed by atoms with E-state index in [0.29, 0.717) is 23.8 Å². The van der Waals surface area contributed by atoms with E-state index in [-0.39, 0.29) is 5.91 Å². The van der Waals surface area contributed by atoms with Crippen LogP contribution >= 0.6 is 11.3 Å². The molecule has 0 fully saturated rings. The maximum Gasteiger partial charge on any atom is 0.229 e. The van der Waals surface area contributed by atoms with Gasteiger partial charge < -0.3 is 9.15 Å². The monoisotopic (exact) mass is 344 g/mol. The van der Waals surface area contributed by atoms with Crippen molar-refractivity contribution >= 4 is 32.6 Å². The van der Waals surface area contributed by atoms with E-state index in [1.807, 2.05) is 30.3 Å². The molecule has 0 N–H and O–H groups in total. The van der Waals surface area contributed by atoms with Gasteiger partial charge in [0.2, 0.25) is 5.91 Å². The lowest BCUT2D eigenvalue weighted by molar-refractivity contribution is -0.118. The minimum Gasteiger partial charge on any atom is -0.494 e. The standard InChI is InChI=1S/C18H20N2O3S/c1-3-4-10-16(21)20(12-13-7-6-11-23-13)18-19-17-14(22-2)8-5-9-15(17)24-18/h5-9,11H,3-4,10,12H2,1-2H3. The Labute approximate surface area is 144 Å². The Kier molecular flexibility index (Phi) is 5.15. The zero-order chi connectivity index (χ0) is 16.9. The molecule has 0 aliphatic carbocycles. The fraction of sp³-hybridized carbons (Fsp3) is 0.333. The van der Waals surface area contributed by atoms with Crippen molar-refractivity contribution in [3.8, 4) is 5.75 Å². The van der Waals surface area contributed by atoms with E-state index >= 15 is 0 Å². The molecule has 0 bridgehead atoms. The molecule has 1 aromatic carbocycles. The predicted molar refractivity (Wildman–Crippen MR) is 95.6 cm³/mol. The topological polar surface area (TPSA) is 55.6 Å². The molecule has 5 nitrogen and oxygen atoms in total. The number of anilines is 1. The molecule has 126 valence electrons. The summed E-state index contributed by atoms with van der Waals surface area (Å²) in [6.07, 6.45) is 3.96. The molecule has 2 aromatic heterocycles. The third kappa shape index (κ3) is 3.43. The third-order valence-electron chi connectivity index (χ3n) is 3.76. The van der Waals surface area contributed by atoms with Crippen LogP contribution in [0.4, 0.5) is 5.13 Å². The molecule has 0 radical (unpaired) electrons. The van der Waals surface area contributed by atoms with E-state index < -0.39 is 0 Å². The van der Waals surface area contributed by atoms with Gasteiger partial charge in [0, 0.05) is 6.42 Å². The molecule has 3 rings (SSSR count). The van der Waals surface area contributed by atoms with Crippen LogP contribution in [-0.4, -0.2) is 18.0 Å². The van der Waals surface area contributed by atoms with Crippen molar-refractivity contribution in [1.82, 2.24) is 4.98 Å². The Morgan fingerprint density at radius 1 is 1.33 bits per heavy atom. The highest BCUT2D eigenvalue weighted by atomic mass is 32.1. The SMILES string of the molecule is CCCCC(=O)N(Cc1ccco1)c1nc2c(OC)cccc2s1. The summed E-state index contributed by atoms with van der Waals surface area (Å²) in [5.41, 5.74) is 0.785. The van der Waals surface area contributed by atoms with Crippen LogP contribution in [0.5, 0.6) is 5.75 Å². The maximum atomic E-state index is 12.7. The second-order valence-electron chi connectivity index (χ2n) is 5.47. The van der Waals surface area contributed by atoms with Crippen LogP contribution in [0.25, 0.3) is 10.2 Å². The first-order chi connectivity index (χ1) is 11.7. The fourth-order valence-electron chi connectivity index (χ4n) is 2.48. The van der Waals surface area contributed by atoms with Crippen molar-refractivity contribution in [3.63, 3.8) is 0 Å². The second kappa shape index (κ2) is 7.49. The first kappa shape index (κ1) is 16.5. The number of thiazole rings is 1. The van der Waals surface area contributed by atoms with E-state index in [4.69, 9.17) is 9.15 Å². The predicted octanol–water partition coefficient (Wildman–Crippen LogP) is 4.62. The van der Waals surface area contributed by atoms with E-state index in [1.54, 1.807) is 18.3 Å². The molecule has 6 heteroatoms. The maximum absolute atomic E-state index is 12.7. The molecule has 0 aliphatic heterocycles. The van der Waals surface area contributed by atoms with Crippen LogP contribution in [-0.2, 0) is 11.3 Å². The number of methoxy groups -OCH3 is 1.